The number of rotatable bonds is 7. The number of ether oxygens (including phenoxy) is 2. The molecule has 2 aromatic rings. The molecule has 0 radical (unpaired) electrons. The van der Waals surface area contributed by atoms with E-state index in [0.29, 0.717) is 33.1 Å². The maximum absolute atomic E-state index is 13.9. The first-order chi connectivity index (χ1) is 16.8. The molecule has 1 fully saturated rings. The van der Waals surface area contributed by atoms with Crippen LogP contribution in [0.3, 0.4) is 0 Å². The minimum Gasteiger partial charge on any atom is -0.480 e. The molecule has 0 amide bonds. The Balaban J connectivity index is 1.84. The number of esters is 1. The third-order valence-electron chi connectivity index (χ3n) is 5.63. The zero-order valence-electron chi connectivity index (χ0n) is 19.0. The molecule has 35 heavy (non-hydrogen) atoms. The van der Waals surface area contributed by atoms with E-state index in [2.05, 4.69) is 26.2 Å². The molecular weight excluding hydrogens is 543 g/mol. The number of benzene rings is 1. The van der Waals surface area contributed by atoms with Gasteiger partial charge in [0.15, 0.2) is 10.8 Å². The highest BCUT2D eigenvalue weighted by Crippen LogP contribution is 2.37. The average Bonchev–Trinajstić information content (AvgIpc) is 3.34. The molecular formula is C23H24BrFN4O5S. The number of hydrogen-bond donors (Lipinski definition) is 2. The molecule has 2 unspecified atom stereocenters. The van der Waals surface area contributed by atoms with E-state index in [1.54, 1.807) is 29.5 Å². The molecule has 2 aliphatic rings. The topological polar surface area (TPSA) is 113 Å². The highest BCUT2D eigenvalue weighted by Gasteiger charge is 2.38. The van der Waals surface area contributed by atoms with E-state index < -0.39 is 29.8 Å². The number of halogens is 2. The first-order valence-electron chi connectivity index (χ1n) is 11.0. The van der Waals surface area contributed by atoms with Crippen molar-refractivity contribution < 1.29 is 28.6 Å². The lowest BCUT2D eigenvalue weighted by molar-refractivity contribution is -0.152. The van der Waals surface area contributed by atoms with Crippen molar-refractivity contribution in [3.05, 3.63) is 61.9 Å². The van der Waals surface area contributed by atoms with Crippen LogP contribution < -0.4 is 5.32 Å². The number of thiazole rings is 1. The molecule has 1 aromatic carbocycles. The van der Waals surface area contributed by atoms with Crippen LogP contribution in [0.4, 0.5) is 4.39 Å². The average molecular weight is 567 g/mol. The second kappa shape index (κ2) is 10.9. The van der Waals surface area contributed by atoms with Crippen LogP contribution in [0, 0.1) is 5.82 Å². The number of nitrogens with one attached hydrogen (secondary N) is 1. The number of morpholine rings is 1. The monoisotopic (exact) mass is 566 g/mol. The molecule has 1 saturated heterocycles. The van der Waals surface area contributed by atoms with Crippen LogP contribution in [0.5, 0.6) is 0 Å². The summed E-state index contributed by atoms with van der Waals surface area (Å²) in [5.74, 6) is -1.62. The number of aromatic nitrogens is 1. The SMILES string of the molecule is CCOC(=O)C1=C(CN2CC(C)OC[C@H]2C(=O)O)NC(c2nccs2)=NC1c1ccc(F)cc1Br. The minimum absolute atomic E-state index is 0.0267. The van der Waals surface area contributed by atoms with Crippen LogP contribution >= 0.6 is 27.3 Å². The van der Waals surface area contributed by atoms with Gasteiger partial charge in [-0.05, 0) is 31.5 Å². The van der Waals surface area contributed by atoms with E-state index in [9.17, 15) is 19.1 Å². The molecule has 3 heterocycles. The van der Waals surface area contributed by atoms with Gasteiger partial charge in [0.1, 0.15) is 17.9 Å². The number of carbonyl (C=O) groups excluding carboxylic acids is 1. The molecule has 9 nitrogen and oxygen atoms in total. The van der Waals surface area contributed by atoms with Crippen molar-refractivity contribution in [1.82, 2.24) is 15.2 Å². The van der Waals surface area contributed by atoms with Gasteiger partial charge in [0.25, 0.3) is 0 Å². The minimum atomic E-state index is -1.02. The third kappa shape index (κ3) is 5.61. The van der Waals surface area contributed by atoms with Gasteiger partial charge in [-0.1, -0.05) is 22.0 Å². The van der Waals surface area contributed by atoms with E-state index in [4.69, 9.17) is 14.5 Å². The van der Waals surface area contributed by atoms with Crippen LogP contribution in [0.1, 0.15) is 30.5 Å². The van der Waals surface area contributed by atoms with Crippen molar-refractivity contribution in [3.8, 4) is 0 Å². The Labute approximate surface area is 213 Å². The number of amidine groups is 1. The van der Waals surface area contributed by atoms with Crippen molar-refractivity contribution >= 4 is 45.0 Å². The number of aliphatic carboxylic acids is 1. The first kappa shape index (κ1) is 25.4. The lowest BCUT2D eigenvalue weighted by Gasteiger charge is -2.38. The molecule has 2 N–H and O–H groups in total. The molecule has 1 aromatic heterocycles. The standard InChI is InChI=1S/C23H24BrFN4O5S/c1-3-33-23(32)18-16(10-29-9-12(2)34-11-17(29)22(30)31)27-20(21-26-6-7-35-21)28-19(18)14-5-4-13(25)8-15(14)24/h4-8,12,17,19H,3,9-11H2,1-2H3,(H,27,28)(H,30,31)/t12?,17-,19?/m0/s1. The Kier molecular flexibility index (Phi) is 7.95. The molecule has 0 spiro atoms. The molecule has 186 valence electrons. The summed E-state index contributed by atoms with van der Waals surface area (Å²) >= 11 is 4.76. The summed E-state index contributed by atoms with van der Waals surface area (Å²) in [7, 11) is 0. The van der Waals surface area contributed by atoms with Crippen molar-refractivity contribution in [2.24, 2.45) is 4.99 Å². The first-order valence-corrected chi connectivity index (χ1v) is 12.6. The number of carboxylic acid groups (broad SMARTS) is 1. The van der Waals surface area contributed by atoms with Gasteiger partial charge in [-0.2, -0.15) is 0 Å². The maximum Gasteiger partial charge on any atom is 0.338 e. The van der Waals surface area contributed by atoms with Crippen molar-refractivity contribution in [2.45, 2.75) is 32.0 Å². The van der Waals surface area contributed by atoms with Crippen LogP contribution in [-0.4, -0.2) is 71.2 Å². The Hall–Kier alpha value is -2.67. The Morgan fingerprint density at radius 1 is 1.43 bits per heavy atom. The fourth-order valence-electron chi connectivity index (χ4n) is 4.04. The van der Waals surface area contributed by atoms with E-state index in [1.165, 1.54) is 23.5 Å². The lowest BCUT2D eigenvalue weighted by Crippen LogP contribution is -2.54. The fraction of sp³-hybridized carbons (Fsp3) is 0.391. The predicted molar refractivity (Wildman–Crippen MR) is 131 cm³/mol. The van der Waals surface area contributed by atoms with E-state index in [-0.39, 0.29) is 31.4 Å². The molecule has 0 aliphatic carbocycles. The molecule has 3 atom stereocenters. The molecule has 2 aliphatic heterocycles. The smallest absolute Gasteiger partial charge is 0.338 e. The summed E-state index contributed by atoms with van der Waals surface area (Å²) in [6.45, 7) is 4.19. The fourth-order valence-corrected chi connectivity index (χ4v) is 5.20. The second-order valence-corrected chi connectivity index (χ2v) is 9.80. The summed E-state index contributed by atoms with van der Waals surface area (Å²) in [5.41, 5.74) is 1.24. The molecule has 0 bridgehead atoms. The zero-order valence-corrected chi connectivity index (χ0v) is 21.4. The van der Waals surface area contributed by atoms with E-state index in [1.807, 2.05) is 6.92 Å². The lowest BCUT2D eigenvalue weighted by atomic mass is 9.95. The number of hydrogen-bond acceptors (Lipinski definition) is 9. The third-order valence-corrected chi connectivity index (χ3v) is 7.10. The van der Waals surface area contributed by atoms with Gasteiger partial charge in [0.2, 0.25) is 0 Å². The van der Waals surface area contributed by atoms with Gasteiger partial charge >= 0.3 is 11.9 Å². The summed E-state index contributed by atoms with van der Waals surface area (Å²) in [5, 5.41) is 15.4. The number of carbonyl (C=O) groups is 2. The highest BCUT2D eigenvalue weighted by atomic mass is 79.9. The van der Waals surface area contributed by atoms with Crippen LogP contribution in [0.25, 0.3) is 0 Å². The second-order valence-electron chi connectivity index (χ2n) is 8.05. The molecule has 4 rings (SSSR count). The Morgan fingerprint density at radius 2 is 2.23 bits per heavy atom. The van der Waals surface area contributed by atoms with Crippen LogP contribution in [0.15, 0.2) is 50.5 Å². The normalized spacial score (nSPS) is 23.0. The van der Waals surface area contributed by atoms with Crippen LogP contribution in [0.2, 0.25) is 0 Å². The number of carboxylic acids is 1. The summed E-state index contributed by atoms with van der Waals surface area (Å²) < 4.78 is 25.2. The van der Waals surface area contributed by atoms with E-state index >= 15 is 0 Å². The summed E-state index contributed by atoms with van der Waals surface area (Å²) in [6, 6.07) is 2.45. The molecule has 12 heteroatoms. The largest absolute Gasteiger partial charge is 0.480 e. The van der Waals surface area contributed by atoms with Crippen molar-refractivity contribution in [2.75, 3.05) is 26.3 Å². The van der Waals surface area contributed by atoms with E-state index in [0.717, 1.165) is 0 Å². The van der Waals surface area contributed by atoms with Gasteiger partial charge in [-0.15, -0.1) is 11.3 Å². The van der Waals surface area contributed by atoms with Gasteiger partial charge in [0.05, 0.1) is 24.9 Å². The summed E-state index contributed by atoms with van der Waals surface area (Å²) in [4.78, 5) is 36.0. The Bertz CT molecular complexity index is 1170. The number of nitrogens with zero attached hydrogens (tertiary/aromatic N) is 3. The van der Waals surface area contributed by atoms with Gasteiger partial charge in [-0.25, -0.2) is 14.2 Å². The van der Waals surface area contributed by atoms with Crippen molar-refractivity contribution in [1.29, 1.82) is 0 Å². The number of aliphatic imine (C=N–C) groups is 1. The quantitative estimate of drug-likeness (QED) is 0.491. The van der Waals surface area contributed by atoms with Gasteiger partial charge in [-0.3, -0.25) is 14.7 Å². The summed E-state index contributed by atoms with van der Waals surface area (Å²) in [6.07, 6.45) is 1.46. The Morgan fingerprint density at radius 3 is 2.89 bits per heavy atom. The van der Waals surface area contributed by atoms with Gasteiger partial charge < -0.3 is 19.9 Å². The van der Waals surface area contributed by atoms with Crippen molar-refractivity contribution in [3.63, 3.8) is 0 Å². The van der Waals surface area contributed by atoms with Crippen LogP contribution in [-0.2, 0) is 19.1 Å². The maximum atomic E-state index is 13.9. The van der Waals surface area contributed by atoms with Gasteiger partial charge in [0, 0.05) is 34.8 Å². The predicted octanol–water partition coefficient (Wildman–Crippen LogP) is 3.13. The highest BCUT2D eigenvalue weighted by molar-refractivity contribution is 9.10. The molecule has 0 saturated carbocycles. The zero-order chi connectivity index (χ0) is 25.1.